The van der Waals surface area contributed by atoms with Crippen molar-refractivity contribution in [2.45, 2.75) is 51.6 Å². The van der Waals surface area contributed by atoms with Crippen LogP contribution in [0.2, 0.25) is 0 Å². The summed E-state index contributed by atoms with van der Waals surface area (Å²) in [7, 11) is 1.61. The molecule has 2 aliphatic rings. The second-order valence-electron chi connectivity index (χ2n) is 6.49. The van der Waals surface area contributed by atoms with Crippen LogP contribution in [0, 0.1) is 10.8 Å². The molecule has 0 aromatic heterocycles. The summed E-state index contributed by atoms with van der Waals surface area (Å²) in [5.74, 6) is 0.333. The second kappa shape index (κ2) is 5.96. The van der Waals surface area contributed by atoms with Gasteiger partial charge < -0.3 is 14.6 Å². The first-order chi connectivity index (χ1) is 9.45. The Bertz CT molecular complexity index is 380. The molecule has 0 heterocycles. The molecule has 0 radical (unpaired) electrons. The van der Waals surface area contributed by atoms with Crippen molar-refractivity contribution in [3.8, 4) is 0 Å². The van der Waals surface area contributed by atoms with Crippen molar-refractivity contribution in [2.75, 3.05) is 20.5 Å². The van der Waals surface area contributed by atoms with E-state index in [2.05, 4.69) is 13.5 Å². The highest BCUT2D eigenvalue weighted by molar-refractivity contribution is 5.79. The Balaban J connectivity index is 2.22. The fraction of sp³-hybridized carbons (Fsp3) is 0.812. The summed E-state index contributed by atoms with van der Waals surface area (Å²) in [6.07, 6.45) is 4.10. The minimum atomic E-state index is -0.420. The van der Waals surface area contributed by atoms with Crippen LogP contribution >= 0.6 is 0 Å². The summed E-state index contributed by atoms with van der Waals surface area (Å²) < 4.78 is 10.6. The molecule has 0 amide bonds. The van der Waals surface area contributed by atoms with Crippen molar-refractivity contribution in [2.24, 2.45) is 10.8 Å². The van der Waals surface area contributed by atoms with Gasteiger partial charge in [0, 0.05) is 25.4 Å². The van der Waals surface area contributed by atoms with Crippen LogP contribution in [0.15, 0.2) is 12.2 Å². The smallest absolute Gasteiger partial charge is 0.146 e. The number of rotatable bonds is 5. The van der Waals surface area contributed by atoms with Gasteiger partial charge in [-0.15, -0.1) is 0 Å². The van der Waals surface area contributed by atoms with E-state index in [-0.39, 0.29) is 17.6 Å². The maximum Gasteiger partial charge on any atom is 0.146 e. The van der Waals surface area contributed by atoms with Crippen molar-refractivity contribution in [1.82, 2.24) is 0 Å². The van der Waals surface area contributed by atoms with Gasteiger partial charge in [0.25, 0.3) is 0 Å². The van der Waals surface area contributed by atoms with Crippen LogP contribution in [0.3, 0.4) is 0 Å². The third kappa shape index (κ3) is 2.57. The van der Waals surface area contributed by atoms with Gasteiger partial charge in [0.15, 0.2) is 0 Å². The summed E-state index contributed by atoms with van der Waals surface area (Å²) in [4.78, 5) is 11.6. The van der Waals surface area contributed by atoms with E-state index in [0.717, 1.165) is 31.3 Å². The summed E-state index contributed by atoms with van der Waals surface area (Å²) >= 11 is 0. The van der Waals surface area contributed by atoms with Gasteiger partial charge in [-0.2, -0.15) is 0 Å². The van der Waals surface area contributed by atoms with Crippen molar-refractivity contribution in [3.63, 3.8) is 0 Å². The van der Waals surface area contributed by atoms with E-state index < -0.39 is 6.10 Å². The topological polar surface area (TPSA) is 55.8 Å². The number of aliphatic hydroxyl groups is 1. The monoisotopic (exact) mass is 282 g/mol. The van der Waals surface area contributed by atoms with E-state index in [1.165, 1.54) is 0 Å². The standard InChI is InChI=1S/C16H26O4/c1-12-14(18)6-7-15(12,2)16(10-20-11-19-3)8-4-13(17)5-9-16/h14,18H,1,4-11H2,2-3H3/t14-,15+/m1/s1. The van der Waals surface area contributed by atoms with E-state index in [1.54, 1.807) is 7.11 Å². The van der Waals surface area contributed by atoms with Crippen LogP contribution in [0.5, 0.6) is 0 Å². The summed E-state index contributed by atoms with van der Waals surface area (Å²) in [5, 5.41) is 10.1. The number of hydrogen-bond donors (Lipinski definition) is 1. The van der Waals surface area contributed by atoms with Gasteiger partial charge in [-0.1, -0.05) is 13.5 Å². The number of ether oxygens (including phenoxy) is 2. The molecule has 0 saturated heterocycles. The number of ketones is 1. The molecule has 2 rings (SSSR count). The zero-order valence-electron chi connectivity index (χ0n) is 12.6. The Morgan fingerprint density at radius 2 is 2.00 bits per heavy atom. The molecule has 0 aromatic carbocycles. The van der Waals surface area contributed by atoms with Crippen LogP contribution in [0.1, 0.15) is 45.4 Å². The van der Waals surface area contributed by atoms with Crippen molar-refractivity contribution < 1.29 is 19.4 Å². The van der Waals surface area contributed by atoms with E-state index in [1.807, 2.05) is 0 Å². The molecule has 0 aromatic rings. The Morgan fingerprint density at radius 3 is 2.50 bits per heavy atom. The maximum absolute atomic E-state index is 11.6. The van der Waals surface area contributed by atoms with E-state index >= 15 is 0 Å². The van der Waals surface area contributed by atoms with Crippen LogP contribution in [-0.4, -0.2) is 37.5 Å². The molecule has 0 aliphatic heterocycles. The minimum Gasteiger partial charge on any atom is -0.389 e. The largest absolute Gasteiger partial charge is 0.389 e. The highest BCUT2D eigenvalue weighted by Gasteiger charge is 2.54. The van der Waals surface area contributed by atoms with Gasteiger partial charge >= 0.3 is 0 Å². The number of aliphatic hydroxyl groups excluding tert-OH is 1. The average molecular weight is 282 g/mol. The number of methoxy groups -OCH3 is 1. The first-order valence-corrected chi connectivity index (χ1v) is 7.41. The maximum atomic E-state index is 11.6. The fourth-order valence-corrected chi connectivity index (χ4v) is 3.92. The Morgan fingerprint density at radius 1 is 1.35 bits per heavy atom. The zero-order chi connectivity index (χ0) is 14.8. The molecule has 4 nitrogen and oxygen atoms in total. The number of hydrogen-bond acceptors (Lipinski definition) is 4. The number of carbonyl (C=O) groups excluding carboxylic acids is 1. The van der Waals surface area contributed by atoms with Gasteiger partial charge in [0.05, 0.1) is 12.7 Å². The number of carbonyl (C=O) groups is 1. The normalized spacial score (nSPS) is 33.6. The zero-order valence-corrected chi connectivity index (χ0v) is 12.6. The average Bonchev–Trinajstić information content (AvgIpc) is 2.71. The van der Waals surface area contributed by atoms with Gasteiger partial charge in [-0.3, -0.25) is 4.79 Å². The molecule has 0 unspecified atom stereocenters. The molecular formula is C16H26O4. The quantitative estimate of drug-likeness (QED) is 0.478. The Hall–Kier alpha value is -0.710. The molecule has 0 bridgehead atoms. The van der Waals surface area contributed by atoms with E-state index in [0.29, 0.717) is 25.2 Å². The predicted octanol–water partition coefficient (Wildman–Crippen LogP) is 2.45. The Labute approximate surface area is 121 Å². The molecule has 4 heteroatoms. The molecular weight excluding hydrogens is 256 g/mol. The van der Waals surface area contributed by atoms with Crippen LogP contribution in [0.25, 0.3) is 0 Å². The number of Topliss-reactive ketones (excluding diaryl/α,β-unsaturated/α-hetero) is 1. The predicted molar refractivity (Wildman–Crippen MR) is 76.2 cm³/mol. The van der Waals surface area contributed by atoms with E-state index in [4.69, 9.17) is 9.47 Å². The third-order valence-corrected chi connectivity index (χ3v) is 5.54. The molecule has 2 saturated carbocycles. The van der Waals surface area contributed by atoms with Crippen LogP contribution < -0.4 is 0 Å². The van der Waals surface area contributed by atoms with Gasteiger partial charge in [0.1, 0.15) is 12.6 Å². The highest BCUT2D eigenvalue weighted by atomic mass is 16.7. The summed E-state index contributed by atoms with van der Waals surface area (Å²) in [5.41, 5.74) is 0.655. The molecule has 2 fully saturated rings. The first-order valence-electron chi connectivity index (χ1n) is 7.41. The summed E-state index contributed by atoms with van der Waals surface area (Å²) in [6.45, 7) is 7.14. The Kier molecular flexibility index (Phi) is 4.67. The lowest BCUT2D eigenvalue weighted by Gasteiger charge is -2.49. The molecule has 0 spiro atoms. The molecule has 20 heavy (non-hydrogen) atoms. The van der Waals surface area contributed by atoms with Crippen molar-refractivity contribution >= 4 is 5.78 Å². The second-order valence-corrected chi connectivity index (χ2v) is 6.49. The van der Waals surface area contributed by atoms with Crippen LogP contribution in [-0.2, 0) is 14.3 Å². The molecule has 114 valence electrons. The fourth-order valence-electron chi connectivity index (χ4n) is 3.92. The van der Waals surface area contributed by atoms with E-state index in [9.17, 15) is 9.90 Å². The lowest BCUT2D eigenvalue weighted by Crippen LogP contribution is -2.46. The highest BCUT2D eigenvalue weighted by Crippen LogP contribution is 2.59. The van der Waals surface area contributed by atoms with Gasteiger partial charge in [-0.25, -0.2) is 0 Å². The lowest BCUT2D eigenvalue weighted by atomic mass is 9.56. The van der Waals surface area contributed by atoms with Crippen molar-refractivity contribution in [1.29, 1.82) is 0 Å². The molecule has 2 atom stereocenters. The molecule has 2 aliphatic carbocycles. The lowest BCUT2D eigenvalue weighted by molar-refractivity contribution is -0.132. The summed E-state index contributed by atoms with van der Waals surface area (Å²) in [6, 6.07) is 0. The van der Waals surface area contributed by atoms with Gasteiger partial charge in [0.2, 0.25) is 0 Å². The first kappa shape index (κ1) is 15.7. The van der Waals surface area contributed by atoms with Crippen LogP contribution in [0.4, 0.5) is 0 Å². The third-order valence-electron chi connectivity index (χ3n) is 5.54. The van der Waals surface area contributed by atoms with Gasteiger partial charge in [-0.05, 0) is 36.7 Å². The SMILES string of the molecule is C=C1[C@H](O)CC[C@]1(C)C1(COCOC)CCC(=O)CC1. The molecule has 1 N–H and O–H groups in total. The van der Waals surface area contributed by atoms with Crippen molar-refractivity contribution in [3.05, 3.63) is 12.2 Å². The minimum absolute atomic E-state index is 0.103.